The van der Waals surface area contributed by atoms with E-state index in [4.69, 9.17) is 4.84 Å². The maximum atomic E-state index is 13.3. The Morgan fingerprint density at radius 2 is 1.86 bits per heavy atom. The quantitative estimate of drug-likeness (QED) is 0.264. The van der Waals surface area contributed by atoms with E-state index >= 15 is 0 Å². The number of anilines is 1. The summed E-state index contributed by atoms with van der Waals surface area (Å²) in [5.74, 6) is -1.26. The third-order valence-corrected chi connectivity index (χ3v) is 5.58. The zero-order valence-corrected chi connectivity index (χ0v) is 21.3. The van der Waals surface area contributed by atoms with Gasteiger partial charge in [-0.3, -0.25) is 14.9 Å². The van der Waals surface area contributed by atoms with E-state index in [0.29, 0.717) is 51.0 Å². The molecular weight excluding hydrogens is 495 g/mol. The lowest BCUT2D eigenvalue weighted by Gasteiger charge is -2.28. The number of benzene rings is 1. The fourth-order valence-corrected chi connectivity index (χ4v) is 3.47. The standard InChI is InChI=1S/C24H36F3N5O5/c1-4-6-20(33)19(13-28-12-15(2)3)30-21(34)14-29-22(35)17-11-16(24(25,26)27)7-8-18(17)31-23(36)37-32-9-5-10-32/h7-8,11,15,19-20,28,33H,4-6,9-10,12-14H2,1-3H3,(H,29,35)(H,30,34)(H,31,36)/t19-,20-/m0/s1. The Hall–Kier alpha value is -2.90. The van der Waals surface area contributed by atoms with Crippen molar-refractivity contribution in [2.75, 3.05) is 38.0 Å². The second-order valence-corrected chi connectivity index (χ2v) is 9.31. The predicted molar refractivity (Wildman–Crippen MR) is 131 cm³/mol. The Morgan fingerprint density at radius 3 is 2.43 bits per heavy atom. The number of amides is 3. The molecule has 1 fully saturated rings. The molecule has 0 aliphatic carbocycles. The molecule has 0 unspecified atom stereocenters. The van der Waals surface area contributed by atoms with Crippen LogP contribution < -0.4 is 21.3 Å². The van der Waals surface area contributed by atoms with Gasteiger partial charge in [0.25, 0.3) is 5.91 Å². The number of aliphatic hydroxyl groups excluding tert-OH is 1. The van der Waals surface area contributed by atoms with Crippen LogP contribution in [0.25, 0.3) is 0 Å². The van der Waals surface area contributed by atoms with E-state index in [-0.39, 0.29) is 5.69 Å². The molecule has 2 rings (SSSR count). The average Bonchev–Trinajstić information content (AvgIpc) is 2.78. The van der Waals surface area contributed by atoms with Crippen LogP contribution in [0, 0.1) is 5.92 Å². The van der Waals surface area contributed by atoms with Gasteiger partial charge in [-0.2, -0.15) is 13.2 Å². The van der Waals surface area contributed by atoms with E-state index < -0.39 is 53.9 Å². The maximum absolute atomic E-state index is 13.3. The Morgan fingerprint density at radius 1 is 1.16 bits per heavy atom. The normalized spacial score (nSPS) is 15.5. The molecule has 13 heteroatoms. The summed E-state index contributed by atoms with van der Waals surface area (Å²) in [6.07, 6.45) is -4.51. The van der Waals surface area contributed by atoms with Crippen molar-refractivity contribution in [1.82, 2.24) is 21.0 Å². The minimum absolute atomic E-state index is 0.203. The number of rotatable bonds is 13. The van der Waals surface area contributed by atoms with E-state index in [0.717, 1.165) is 18.6 Å². The van der Waals surface area contributed by atoms with Crippen molar-refractivity contribution < 1.29 is 37.5 Å². The Bertz CT molecular complexity index is 925. The molecule has 0 bridgehead atoms. The molecule has 1 aliphatic rings. The van der Waals surface area contributed by atoms with E-state index in [1.807, 2.05) is 20.8 Å². The average molecular weight is 532 g/mol. The van der Waals surface area contributed by atoms with Gasteiger partial charge >= 0.3 is 12.3 Å². The summed E-state index contributed by atoms with van der Waals surface area (Å²) in [6.45, 7) is 7.41. The van der Waals surface area contributed by atoms with Crippen LogP contribution in [-0.2, 0) is 15.8 Å². The highest BCUT2D eigenvalue weighted by molar-refractivity contribution is 6.03. The summed E-state index contributed by atoms with van der Waals surface area (Å²) in [6, 6.07) is 1.65. The molecule has 1 aromatic carbocycles. The lowest BCUT2D eigenvalue weighted by Crippen LogP contribution is -2.52. The molecule has 0 spiro atoms. The largest absolute Gasteiger partial charge is 0.430 e. The number of carbonyl (C=O) groups excluding carboxylic acids is 3. The van der Waals surface area contributed by atoms with Crippen molar-refractivity contribution in [3.8, 4) is 0 Å². The molecule has 10 nitrogen and oxygen atoms in total. The molecule has 0 aromatic heterocycles. The molecule has 1 aliphatic heterocycles. The molecule has 208 valence electrons. The molecule has 1 heterocycles. The van der Waals surface area contributed by atoms with Crippen molar-refractivity contribution in [3.05, 3.63) is 29.3 Å². The molecule has 2 atom stereocenters. The highest BCUT2D eigenvalue weighted by atomic mass is 19.4. The van der Waals surface area contributed by atoms with Crippen molar-refractivity contribution >= 4 is 23.6 Å². The monoisotopic (exact) mass is 531 g/mol. The van der Waals surface area contributed by atoms with Gasteiger partial charge in [-0.1, -0.05) is 27.2 Å². The van der Waals surface area contributed by atoms with Crippen LogP contribution in [0.5, 0.6) is 0 Å². The zero-order valence-electron chi connectivity index (χ0n) is 21.3. The van der Waals surface area contributed by atoms with Crippen molar-refractivity contribution in [3.63, 3.8) is 0 Å². The van der Waals surface area contributed by atoms with Crippen LogP contribution in [0.3, 0.4) is 0 Å². The molecule has 1 saturated heterocycles. The van der Waals surface area contributed by atoms with Gasteiger partial charge in [-0.05, 0) is 43.5 Å². The van der Waals surface area contributed by atoms with E-state index in [2.05, 4.69) is 21.3 Å². The maximum Gasteiger partial charge on any atom is 0.430 e. The van der Waals surface area contributed by atoms with Crippen LogP contribution in [-0.4, -0.2) is 72.9 Å². The van der Waals surface area contributed by atoms with Crippen molar-refractivity contribution in [2.45, 2.75) is 58.4 Å². The SMILES string of the molecule is CCC[C@H](O)[C@H](CNCC(C)C)NC(=O)CNC(=O)c1cc(C(F)(F)F)ccc1NC(=O)ON1CCC1. The van der Waals surface area contributed by atoms with Crippen LogP contribution in [0.1, 0.15) is 56.0 Å². The van der Waals surface area contributed by atoms with Crippen LogP contribution in [0.4, 0.5) is 23.7 Å². The highest BCUT2D eigenvalue weighted by Gasteiger charge is 2.32. The van der Waals surface area contributed by atoms with Crippen molar-refractivity contribution in [2.24, 2.45) is 5.92 Å². The first kappa shape index (κ1) is 30.3. The second kappa shape index (κ2) is 14.1. The molecule has 0 radical (unpaired) electrons. The van der Waals surface area contributed by atoms with E-state index in [9.17, 15) is 32.7 Å². The number of hydrogen-bond acceptors (Lipinski definition) is 7. The lowest BCUT2D eigenvalue weighted by molar-refractivity contribution is -0.137. The number of nitrogens with one attached hydrogen (secondary N) is 4. The summed E-state index contributed by atoms with van der Waals surface area (Å²) < 4.78 is 39.8. The minimum Gasteiger partial charge on any atom is -0.391 e. The first-order valence-corrected chi connectivity index (χ1v) is 12.3. The fraction of sp³-hybridized carbons (Fsp3) is 0.625. The summed E-state index contributed by atoms with van der Waals surface area (Å²) in [7, 11) is 0. The molecule has 37 heavy (non-hydrogen) atoms. The van der Waals surface area contributed by atoms with Gasteiger partial charge in [0, 0.05) is 19.6 Å². The third kappa shape index (κ3) is 10.2. The third-order valence-electron chi connectivity index (χ3n) is 5.58. The number of hydrogen-bond donors (Lipinski definition) is 5. The molecule has 5 N–H and O–H groups in total. The molecule has 0 saturated carbocycles. The fourth-order valence-electron chi connectivity index (χ4n) is 3.47. The second-order valence-electron chi connectivity index (χ2n) is 9.31. The number of nitrogens with zero attached hydrogens (tertiary/aromatic N) is 1. The van der Waals surface area contributed by atoms with E-state index in [1.165, 1.54) is 5.06 Å². The summed E-state index contributed by atoms with van der Waals surface area (Å²) in [5, 5.41) is 22.1. The number of carbonyl (C=O) groups is 3. The van der Waals surface area contributed by atoms with Gasteiger partial charge in [-0.15, -0.1) is 5.06 Å². The highest BCUT2D eigenvalue weighted by Crippen LogP contribution is 2.32. The van der Waals surface area contributed by atoms with Crippen LogP contribution in [0.2, 0.25) is 0 Å². The molecule has 3 amide bonds. The van der Waals surface area contributed by atoms with Gasteiger partial charge < -0.3 is 25.9 Å². The van der Waals surface area contributed by atoms with Crippen LogP contribution >= 0.6 is 0 Å². The smallest absolute Gasteiger partial charge is 0.391 e. The van der Waals surface area contributed by atoms with E-state index in [1.54, 1.807) is 0 Å². The summed E-state index contributed by atoms with van der Waals surface area (Å²) >= 11 is 0. The minimum atomic E-state index is -4.73. The van der Waals surface area contributed by atoms with Crippen molar-refractivity contribution in [1.29, 1.82) is 0 Å². The van der Waals surface area contributed by atoms with Gasteiger partial charge in [0.15, 0.2) is 0 Å². The topological polar surface area (TPSA) is 132 Å². The summed E-state index contributed by atoms with van der Waals surface area (Å²) in [5.41, 5.74) is -1.78. The Labute approximate surface area is 214 Å². The number of aliphatic hydroxyl groups is 1. The number of alkyl halides is 3. The lowest BCUT2D eigenvalue weighted by atomic mass is 10.1. The number of hydroxylamine groups is 2. The first-order valence-electron chi connectivity index (χ1n) is 12.3. The number of halogens is 3. The predicted octanol–water partition coefficient (Wildman–Crippen LogP) is 2.50. The Balaban J connectivity index is 2.06. The Kier molecular flexibility index (Phi) is 11.6. The van der Waals surface area contributed by atoms with Gasteiger partial charge in [0.05, 0.1) is 35.5 Å². The summed E-state index contributed by atoms with van der Waals surface area (Å²) in [4.78, 5) is 42.3. The molecular formula is C24H36F3N5O5. The first-order chi connectivity index (χ1) is 17.4. The zero-order chi connectivity index (χ0) is 27.6. The van der Waals surface area contributed by atoms with Gasteiger partial charge in [0.1, 0.15) is 0 Å². The van der Waals surface area contributed by atoms with Crippen LogP contribution in [0.15, 0.2) is 18.2 Å². The van der Waals surface area contributed by atoms with Gasteiger partial charge in [0.2, 0.25) is 5.91 Å². The molecule has 1 aromatic rings. The van der Waals surface area contributed by atoms with Gasteiger partial charge in [-0.25, -0.2) is 4.79 Å².